The molecule has 0 aliphatic carbocycles. The van der Waals surface area contributed by atoms with Gasteiger partial charge in [-0.25, -0.2) is 8.78 Å². The molecule has 0 aliphatic heterocycles. The first kappa shape index (κ1) is 14.5. The molecular weight excluding hydrogens is 334 g/mol. The molecule has 100 valence electrons. The largest absolute Gasteiger partial charge is 0.204 e. The maximum atomic E-state index is 13.2. The van der Waals surface area contributed by atoms with E-state index >= 15 is 0 Å². The van der Waals surface area contributed by atoms with Gasteiger partial charge in [-0.3, -0.25) is 0 Å². The third-order valence-corrected chi connectivity index (χ3v) is 4.02. The molecule has 2 aromatic rings. The lowest BCUT2D eigenvalue weighted by Crippen LogP contribution is -1.99. The molecular formula is C15H12BrClF2. The van der Waals surface area contributed by atoms with Crippen LogP contribution in [0.15, 0.2) is 36.4 Å². The molecule has 2 rings (SSSR count). The van der Waals surface area contributed by atoms with E-state index in [-0.39, 0.29) is 4.83 Å². The van der Waals surface area contributed by atoms with Crippen LogP contribution < -0.4 is 0 Å². The van der Waals surface area contributed by atoms with Crippen molar-refractivity contribution in [2.24, 2.45) is 0 Å². The molecule has 0 radical (unpaired) electrons. The van der Waals surface area contributed by atoms with E-state index in [1.165, 1.54) is 6.07 Å². The normalized spacial score (nSPS) is 12.5. The lowest BCUT2D eigenvalue weighted by molar-refractivity contribution is 0.507. The van der Waals surface area contributed by atoms with E-state index in [2.05, 4.69) is 15.9 Å². The predicted octanol–water partition coefficient (Wildman–Crippen LogP) is 5.61. The minimum Gasteiger partial charge on any atom is -0.204 e. The second kappa shape index (κ2) is 6.02. The van der Waals surface area contributed by atoms with Gasteiger partial charge in [-0.2, -0.15) is 0 Å². The fourth-order valence-corrected chi connectivity index (χ4v) is 3.09. The van der Waals surface area contributed by atoms with E-state index in [1.54, 1.807) is 6.07 Å². The summed E-state index contributed by atoms with van der Waals surface area (Å²) in [6.07, 6.45) is 0.583. The minimum atomic E-state index is -0.822. The van der Waals surface area contributed by atoms with E-state index in [0.717, 1.165) is 22.8 Å². The average molecular weight is 346 g/mol. The molecule has 0 nitrogen and oxygen atoms in total. The third-order valence-electron chi connectivity index (χ3n) is 2.97. The highest BCUT2D eigenvalue weighted by atomic mass is 79.9. The Kier molecular flexibility index (Phi) is 4.58. The summed E-state index contributed by atoms with van der Waals surface area (Å²) in [6, 6.07) is 9.63. The summed E-state index contributed by atoms with van der Waals surface area (Å²) in [4.78, 5) is 0.0367. The number of alkyl halides is 1. The summed E-state index contributed by atoms with van der Waals surface area (Å²) in [7, 11) is 0. The van der Waals surface area contributed by atoms with Crippen LogP contribution in [0.1, 0.15) is 21.5 Å². The summed E-state index contributed by atoms with van der Waals surface area (Å²) in [5.41, 5.74) is 2.90. The standard InChI is InChI=1S/C15H12BrClF2/c1-9-6-11(17)3-4-12(9)13(16)7-10-2-5-14(18)15(19)8-10/h2-6,8,13H,7H2,1H3. The number of rotatable bonds is 3. The van der Waals surface area contributed by atoms with Gasteiger partial charge in [0.1, 0.15) is 0 Å². The van der Waals surface area contributed by atoms with Gasteiger partial charge in [0.2, 0.25) is 0 Å². The Morgan fingerprint density at radius 1 is 1.11 bits per heavy atom. The highest BCUT2D eigenvalue weighted by Crippen LogP contribution is 2.31. The minimum absolute atomic E-state index is 0.0367. The Morgan fingerprint density at radius 3 is 2.47 bits per heavy atom. The van der Waals surface area contributed by atoms with Gasteiger partial charge in [-0.1, -0.05) is 39.7 Å². The Balaban J connectivity index is 2.20. The van der Waals surface area contributed by atoms with E-state index in [1.807, 2.05) is 25.1 Å². The van der Waals surface area contributed by atoms with Crippen LogP contribution in [-0.2, 0) is 6.42 Å². The molecule has 0 heterocycles. The number of hydrogen-bond donors (Lipinski definition) is 0. The maximum Gasteiger partial charge on any atom is 0.159 e. The number of hydrogen-bond acceptors (Lipinski definition) is 0. The SMILES string of the molecule is Cc1cc(Cl)ccc1C(Br)Cc1ccc(F)c(F)c1. The second-order valence-corrected chi connectivity index (χ2v) is 5.96. The van der Waals surface area contributed by atoms with Crippen LogP contribution in [0.5, 0.6) is 0 Å². The van der Waals surface area contributed by atoms with Crippen molar-refractivity contribution in [3.63, 3.8) is 0 Å². The highest BCUT2D eigenvalue weighted by Gasteiger charge is 2.12. The summed E-state index contributed by atoms with van der Waals surface area (Å²) >= 11 is 9.50. The zero-order valence-corrected chi connectivity index (χ0v) is 12.6. The Labute approximate surface area is 124 Å². The maximum absolute atomic E-state index is 13.2. The zero-order chi connectivity index (χ0) is 14.0. The van der Waals surface area contributed by atoms with Crippen LogP contribution >= 0.6 is 27.5 Å². The molecule has 0 saturated carbocycles. The van der Waals surface area contributed by atoms with Crippen LogP contribution in [0.25, 0.3) is 0 Å². The smallest absolute Gasteiger partial charge is 0.159 e. The first-order valence-electron chi connectivity index (χ1n) is 5.81. The van der Waals surface area contributed by atoms with Gasteiger partial charge in [-0.15, -0.1) is 0 Å². The van der Waals surface area contributed by atoms with Gasteiger partial charge in [0.05, 0.1) is 0 Å². The van der Waals surface area contributed by atoms with Gasteiger partial charge in [0, 0.05) is 9.85 Å². The summed E-state index contributed by atoms with van der Waals surface area (Å²) in [5.74, 6) is -1.64. The number of halogens is 4. The topological polar surface area (TPSA) is 0 Å². The van der Waals surface area contributed by atoms with Gasteiger partial charge < -0.3 is 0 Å². The molecule has 19 heavy (non-hydrogen) atoms. The van der Waals surface area contributed by atoms with Crippen molar-refractivity contribution in [3.8, 4) is 0 Å². The Bertz CT molecular complexity index is 599. The lowest BCUT2D eigenvalue weighted by Gasteiger charge is -2.13. The van der Waals surface area contributed by atoms with Crippen LogP contribution in [0.3, 0.4) is 0 Å². The van der Waals surface area contributed by atoms with Gasteiger partial charge >= 0.3 is 0 Å². The summed E-state index contributed by atoms with van der Waals surface area (Å²) in [6.45, 7) is 1.97. The molecule has 0 amide bonds. The van der Waals surface area contributed by atoms with Gasteiger partial charge in [-0.05, 0) is 54.3 Å². The highest BCUT2D eigenvalue weighted by molar-refractivity contribution is 9.09. The monoisotopic (exact) mass is 344 g/mol. The van der Waals surface area contributed by atoms with Crippen LogP contribution in [-0.4, -0.2) is 0 Å². The molecule has 0 fully saturated rings. The number of aryl methyl sites for hydroxylation is 1. The molecule has 4 heteroatoms. The third kappa shape index (κ3) is 3.54. The van der Waals surface area contributed by atoms with Crippen LogP contribution in [0.4, 0.5) is 8.78 Å². The predicted molar refractivity (Wildman–Crippen MR) is 77.9 cm³/mol. The van der Waals surface area contributed by atoms with E-state index in [9.17, 15) is 8.78 Å². The van der Waals surface area contributed by atoms with Crippen molar-refractivity contribution in [1.82, 2.24) is 0 Å². The van der Waals surface area contributed by atoms with E-state index < -0.39 is 11.6 Å². The molecule has 0 bridgehead atoms. The summed E-state index contributed by atoms with van der Waals surface area (Å²) in [5, 5.41) is 0.689. The van der Waals surface area contributed by atoms with Gasteiger partial charge in [0.25, 0.3) is 0 Å². The van der Waals surface area contributed by atoms with Gasteiger partial charge in [0.15, 0.2) is 11.6 Å². The van der Waals surface area contributed by atoms with E-state index in [0.29, 0.717) is 11.4 Å². The van der Waals surface area contributed by atoms with Crippen LogP contribution in [0.2, 0.25) is 5.02 Å². The molecule has 0 aliphatic rings. The Hall–Kier alpha value is -0.930. The molecule has 0 aromatic heterocycles. The molecule has 1 atom stereocenters. The molecule has 0 spiro atoms. The average Bonchev–Trinajstić information content (AvgIpc) is 2.33. The first-order valence-corrected chi connectivity index (χ1v) is 7.11. The lowest BCUT2D eigenvalue weighted by atomic mass is 10.0. The molecule has 0 saturated heterocycles. The van der Waals surface area contributed by atoms with E-state index in [4.69, 9.17) is 11.6 Å². The van der Waals surface area contributed by atoms with Crippen molar-refractivity contribution in [2.45, 2.75) is 18.2 Å². The molecule has 0 N–H and O–H groups in total. The quantitative estimate of drug-likeness (QED) is 0.635. The fraction of sp³-hybridized carbons (Fsp3) is 0.200. The molecule has 2 aromatic carbocycles. The van der Waals surface area contributed by atoms with Crippen molar-refractivity contribution in [2.75, 3.05) is 0 Å². The number of benzene rings is 2. The Morgan fingerprint density at radius 2 is 1.84 bits per heavy atom. The zero-order valence-electron chi connectivity index (χ0n) is 10.3. The van der Waals surface area contributed by atoms with Crippen molar-refractivity contribution in [1.29, 1.82) is 0 Å². The summed E-state index contributed by atoms with van der Waals surface area (Å²) < 4.78 is 26.0. The first-order chi connectivity index (χ1) is 8.97. The van der Waals surface area contributed by atoms with Crippen molar-refractivity contribution >= 4 is 27.5 Å². The molecule has 1 unspecified atom stereocenters. The van der Waals surface area contributed by atoms with Crippen molar-refractivity contribution < 1.29 is 8.78 Å². The fourth-order valence-electron chi connectivity index (χ4n) is 1.97. The second-order valence-electron chi connectivity index (χ2n) is 4.42. The van der Waals surface area contributed by atoms with Crippen molar-refractivity contribution in [3.05, 3.63) is 69.7 Å². The van der Waals surface area contributed by atoms with Crippen LogP contribution in [0, 0.1) is 18.6 Å².